The van der Waals surface area contributed by atoms with Gasteiger partial charge in [0.25, 0.3) is 0 Å². The summed E-state index contributed by atoms with van der Waals surface area (Å²) in [6.07, 6.45) is 2.69. The number of hydrogen-bond donors (Lipinski definition) is 1. The molecule has 3 heterocycles. The quantitative estimate of drug-likeness (QED) is 0.580. The number of carbonyl (C=O) groups excluding carboxylic acids is 1. The summed E-state index contributed by atoms with van der Waals surface area (Å²) >= 11 is 1.46. The summed E-state index contributed by atoms with van der Waals surface area (Å²) in [5.41, 5.74) is 2.45. The molecule has 0 radical (unpaired) electrons. The fourth-order valence-electron chi connectivity index (χ4n) is 2.78. The van der Waals surface area contributed by atoms with Crippen molar-refractivity contribution in [3.63, 3.8) is 0 Å². The van der Waals surface area contributed by atoms with Crippen LogP contribution in [0.25, 0.3) is 16.3 Å². The molecule has 0 aliphatic carbocycles. The second-order valence-corrected chi connectivity index (χ2v) is 7.13. The van der Waals surface area contributed by atoms with Crippen molar-refractivity contribution in [1.82, 2.24) is 24.4 Å². The Morgan fingerprint density at radius 3 is 2.74 bits per heavy atom. The zero-order valence-electron chi connectivity index (χ0n) is 15.1. The van der Waals surface area contributed by atoms with Crippen molar-refractivity contribution in [3.8, 4) is 11.4 Å². The van der Waals surface area contributed by atoms with Gasteiger partial charge in [-0.05, 0) is 26.0 Å². The first-order valence-corrected chi connectivity index (χ1v) is 9.20. The lowest BCUT2D eigenvalue weighted by Gasteiger charge is -2.13. The zero-order chi connectivity index (χ0) is 19.0. The summed E-state index contributed by atoms with van der Waals surface area (Å²) in [5, 5.41) is 11.4. The highest BCUT2D eigenvalue weighted by Crippen LogP contribution is 2.31. The van der Waals surface area contributed by atoms with Crippen molar-refractivity contribution in [1.29, 1.82) is 0 Å². The third-order valence-electron chi connectivity index (χ3n) is 4.09. The Kier molecular flexibility index (Phi) is 4.36. The molecule has 0 saturated carbocycles. The van der Waals surface area contributed by atoms with E-state index < -0.39 is 12.2 Å². The van der Waals surface area contributed by atoms with Gasteiger partial charge in [-0.3, -0.25) is 10.00 Å². The molecule has 3 aromatic heterocycles. The molecule has 27 heavy (non-hydrogen) atoms. The van der Waals surface area contributed by atoms with Crippen molar-refractivity contribution in [3.05, 3.63) is 53.3 Å². The molecule has 0 saturated heterocycles. The Hall–Kier alpha value is -3.20. The maximum atomic E-state index is 12.1. The molecule has 1 atom stereocenters. The van der Waals surface area contributed by atoms with Crippen LogP contribution in [0.2, 0.25) is 0 Å². The van der Waals surface area contributed by atoms with Gasteiger partial charge in [0, 0.05) is 18.9 Å². The van der Waals surface area contributed by atoms with Gasteiger partial charge in [-0.2, -0.15) is 10.1 Å². The van der Waals surface area contributed by atoms with E-state index in [0.29, 0.717) is 11.5 Å². The molecular weight excluding hydrogens is 364 g/mol. The van der Waals surface area contributed by atoms with Crippen molar-refractivity contribution >= 4 is 28.1 Å². The van der Waals surface area contributed by atoms with Crippen LogP contribution in [0.5, 0.6) is 0 Å². The van der Waals surface area contributed by atoms with Gasteiger partial charge in [0.1, 0.15) is 6.10 Å². The molecule has 4 rings (SSSR count). The molecule has 8 nitrogen and oxygen atoms in total. The van der Waals surface area contributed by atoms with Gasteiger partial charge in [0.05, 0.1) is 22.3 Å². The van der Waals surface area contributed by atoms with Gasteiger partial charge in [-0.15, -0.1) is 5.10 Å². The van der Waals surface area contributed by atoms with Crippen molar-refractivity contribution in [2.45, 2.75) is 20.0 Å². The maximum Gasteiger partial charge on any atom is 0.412 e. The molecule has 1 amide bonds. The van der Waals surface area contributed by atoms with E-state index in [2.05, 4.69) is 20.5 Å². The van der Waals surface area contributed by atoms with E-state index in [0.717, 1.165) is 21.1 Å². The number of anilines is 1. The van der Waals surface area contributed by atoms with Crippen molar-refractivity contribution in [2.75, 3.05) is 5.32 Å². The van der Waals surface area contributed by atoms with Gasteiger partial charge in [-0.1, -0.05) is 29.5 Å². The molecule has 1 aromatic carbocycles. The van der Waals surface area contributed by atoms with Gasteiger partial charge in [0.2, 0.25) is 4.96 Å². The fourth-order valence-corrected chi connectivity index (χ4v) is 3.82. The van der Waals surface area contributed by atoms with Crippen molar-refractivity contribution in [2.24, 2.45) is 7.05 Å². The number of rotatable bonds is 4. The topological polar surface area (TPSA) is 86.3 Å². The third-order valence-corrected chi connectivity index (χ3v) is 5.38. The normalized spacial score (nSPS) is 12.3. The number of thiazole rings is 1. The maximum absolute atomic E-state index is 12.1. The van der Waals surface area contributed by atoms with Crippen LogP contribution >= 0.6 is 11.3 Å². The van der Waals surface area contributed by atoms with Crippen LogP contribution in [0.15, 0.2) is 42.7 Å². The predicted molar refractivity (Wildman–Crippen MR) is 103 cm³/mol. The number of aromatic nitrogens is 5. The Bertz CT molecular complexity index is 1100. The monoisotopic (exact) mass is 382 g/mol. The smallest absolute Gasteiger partial charge is 0.412 e. The van der Waals surface area contributed by atoms with Crippen molar-refractivity contribution < 1.29 is 9.53 Å². The van der Waals surface area contributed by atoms with Crippen LogP contribution in [-0.2, 0) is 11.8 Å². The molecule has 1 unspecified atom stereocenters. The number of para-hydroxylation sites is 1. The number of hydrogen-bond acceptors (Lipinski definition) is 6. The molecular formula is C18H18N6O2S. The largest absolute Gasteiger partial charge is 0.440 e. The number of benzene rings is 1. The first kappa shape index (κ1) is 17.2. The number of carbonyl (C=O) groups is 1. The minimum absolute atomic E-state index is 0.413. The lowest BCUT2D eigenvalue weighted by Crippen LogP contribution is -2.16. The number of amides is 1. The van der Waals surface area contributed by atoms with Gasteiger partial charge in [0.15, 0.2) is 5.82 Å². The first-order valence-electron chi connectivity index (χ1n) is 8.39. The summed E-state index contributed by atoms with van der Waals surface area (Å²) in [5.74, 6) is 0.624. The molecule has 4 aromatic rings. The molecule has 0 aliphatic rings. The van der Waals surface area contributed by atoms with E-state index in [4.69, 9.17) is 4.74 Å². The number of ether oxygens (including phenoxy) is 1. The molecule has 138 valence electrons. The third kappa shape index (κ3) is 3.41. The second-order valence-electron chi connectivity index (χ2n) is 6.12. The van der Waals surface area contributed by atoms with E-state index in [1.54, 1.807) is 27.5 Å². The molecule has 1 N–H and O–H groups in total. The summed E-state index contributed by atoms with van der Waals surface area (Å²) in [4.78, 5) is 18.4. The number of aryl methyl sites for hydroxylation is 2. The highest BCUT2D eigenvalue weighted by atomic mass is 32.1. The Balaban J connectivity index is 1.52. The lowest BCUT2D eigenvalue weighted by atomic mass is 10.3. The average molecular weight is 382 g/mol. The SMILES string of the molecule is Cc1c(C(C)OC(=O)Nc2ccccc2)sc2nc(-c3cnn(C)c3)nn12. The molecule has 0 spiro atoms. The lowest BCUT2D eigenvalue weighted by molar-refractivity contribution is 0.122. The fraction of sp³-hybridized carbons (Fsp3) is 0.222. The Labute approximate surface area is 159 Å². The van der Waals surface area contributed by atoms with Crippen LogP contribution in [0.4, 0.5) is 10.5 Å². The summed E-state index contributed by atoms with van der Waals surface area (Å²) < 4.78 is 9.00. The predicted octanol–water partition coefficient (Wildman–Crippen LogP) is 3.81. The van der Waals surface area contributed by atoms with E-state index >= 15 is 0 Å². The van der Waals surface area contributed by atoms with E-state index in [9.17, 15) is 4.79 Å². The van der Waals surface area contributed by atoms with Crippen LogP contribution in [0.3, 0.4) is 0 Å². The molecule has 0 aliphatic heterocycles. The zero-order valence-corrected chi connectivity index (χ0v) is 15.9. The number of nitrogens with zero attached hydrogens (tertiary/aromatic N) is 5. The minimum atomic E-state index is -0.497. The second kappa shape index (κ2) is 6.84. The minimum Gasteiger partial charge on any atom is -0.440 e. The summed E-state index contributed by atoms with van der Waals surface area (Å²) in [6, 6.07) is 9.20. The average Bonchev–Trinajstić information content (AvgIpc) is 3.32. The van der Waals surface area contributed by atoms with E-state index in [1.807, 2.05) is 45.3 Å². The summed E-state index contributed by atoms with van der Waals surface area (Å²) in [6.45, 7) is 3.78. The van der Waals surface area contributed by atoms with E-state index in [-0.39, 0.29) is 0 Å². The molecule has 9 heteroatoms. The number of fused-ring (bicyclic) bond motifs is 1. The highest BCUT2D eigenvalue weighted by molar-refractivity contribution is 7.17. The van der Waals surface area contributed by atoms with Crippen LogP contribution in [0, 0.1) is 6.92 Å². The van der Waals surface area contributed by atoms with Gasteiger partial charge < -0.3 is 4.74 Å². The van der Waals surface area contributed by atoms with E-state index in [1.165, 1.54) is 11.3 Å². The van der Waals surface area contributed by atoms with Gasteiger partial charge >= 0.3 is 6.09 Å². The highest BCUT2D eigenvalue weighted by Gasteiger charge is 2.21. The van der Waals surface area contributed by atoms with Gasteiger partial charge in [-0.25, -0.2) is 9.31 Å². The molecule has 0 bridgehead atoms. The Morgan fingerprint density at radius 2 is 2.07 bits per heavy atom. The number of nitrogens with one attached hydrogen (secondary N) is 1. The van der Waals surface area contributed by atoms with Crippen LogP contribution < -0.4 is 5.32 Å². The standard InChI is InChI=1S/C18H18N6O2S/c1-11-15(12(2)26-18(25)20-14-7-5-4-6-8-14)27-17-21-16(22-24(11)17)13-9-19-23(3)10-13/h4-10,12H,1-3H3,(H,20,25). The Morgan fingerprint density at radius 1 is 1.30 bits per heavy atom. The molecule has 0 fully saturated rings. The van der Waals surface area contributed by atoms with Crippen LogP contribution in [-0.4, -0.2) is 30.5 Å². The summed E-state index contributed by atoms with van der Waals surface area (Å²) in [7, 11) is 1.85. The first-order chi connectivity index (χ1) is 13.0. The van der Waals surface area contributed by atoms with Crippen LogP contribution in [0.1, 0.15) is 23.6 Å².